The predicted molar refractivity (Wildman–Crippen MR) is 109 cm³/mol. The van der Waals surface area contributed by atoms with Gasteiger partial charge in [0.2, 0.25) is 6.10 Å². The minimum absolute atomic E-state index is 0.0311. The van der Waals surface area contributed by atoms with Crippen LogP contribution in [0.5, 0.6) is 17.2 Å². The second-order valence-corrected chi connectivity index (χ2v) is 6.73. The number of carbonyl (C=O) groups excluding carboxylic acids is 1. The number of ether oxygens (including phenoxy) is 2. The number of carbonyl (C=O) groups is 1. The topological polar surface area (TPSA) is 102 Å². The van der Waals surface area contributed by atoms with Crippen LogP contribution in [0, 0.1) is 10.1 Å². The SMILES string of the molecule is COc1ccc(N2C(=O)[C@H](Oc3ccc(O)cc3)[C@@H]2c2ccc([N+](=O)[O-])cc2)cc1. The van der Waals surface area contributed by atoms with Crippen molar-refractivity contribution in [1.82, 2.24) is 0 Å². The monoisotopic (exact) mass is 406 g/mol. The lowest BCUT2D eigenvalue weighted by Gasteiger charge is -2.46. The average molecular weight is 406 g/mol. The molecule has 1 amide bonds. The molecule has 1 heterocycles. The number of aromatic hydroxyl groups is 1. The molecular formula is C22H18N2O6. The highest BCUT2D eigenvalue weighted by atomic mass is 16.6. The smallest absolute Gasteiger partial charge is 0.271 e. The number of nitro benzene ring substituents is 1. The van der Waals surface area contributed by atoms with E-state index >= 15 is 0 Å². The minimum Gasteiger partial charge on any atom is -0.508 e. The van der Waals surface area contributed by atoms with Gasteiger partial charge >= 0.3 is 0 Å². The minimum atomic E-state index is -0.807. The van der Waals surface area contributed by atoms with E-state index in [0.717, 1.165) is 0 Å². The Morgan fingerprint density at radius 3 is 2.10 bits per heavy atom. The van der Waals surface area contributed by atoms with Gasteiger partial charge in [-0.2, -0.15) is 0 Å². The number of nitrogens with zero attached hydrogens (tertiary/aromatic N) is 2. The van der Waals surface area contributed by atoms with Gasteiger partial charge in [0, 0.05) is 17.8 Å². The molecule has 0 unspecified atom stereocenters. The second-order valence-electron chi connectivity index (χ2n) is 6.73. The summed E-state index contributed by atoms with van der Waals surface area (Å²) >= 11 is 0. The molecule has 0 saturated carbocycles. The molecule has 2 atom stereocenters. The van der Waals surface area contributed by atoms with Crippen molar-refractivity contribution in [3.63, 3.8) is 0 Å². The van der Waals surface area contributed by atoms with Gasteiger partial charge in [0.25, 0.3) is 11.6 Å². The van der Waals surface area contributed by atoms with Gasteiger partial charge in [-0.25, -0.2) is 0 Å². The van der Waals surface area contributed by atoms with Crippen molar-refractivity contribution in [3.05, 3.63) is 88.5 Å². The van der Waals surface area contributed by atoms with E-state index in [-0.39, 0.29) is 17.3 Å². The standard InChI is InChI=1S/C22H18N2O6/c1-29-18-10-6-15(7-11-18)23-20(14-2-4-16(5-3-14)24(27)28)21(22(23)26)30-19-12-8-17(25)9-13-19/h2-13,20-21,25H,1H3/t20-,21+/m0/s1. The van der Waals surface area contributed by atoms with Gasteiger partial charge in [0.05, 0.1) is 12.0 Å². The molecule has 0 aromatic heterocycles. The van der Waals surface area contributed by atoms with Gasteiger partial charge in [-0.3, -0.25) is 19.8 Å². The van der Waals surface area contributed by atoms with E-state index in [1.165, 1.54) is 24.3 Å². The zero-order chi connectivity index (χ0) is 21.3. The molecule has 8 heteroatoms. The number of hydrogen-bond acceptors (Lipinski definition) is 6. The maximum absolute atomic E-state index is 13.0. The number of hydrogen-bond donors (Lipinski definition) is 1. The summed E-state index contributed by atoms with van der Waals surface area (Å²) in [6, 6.07) is 18.7. The van der Waals surface area contributed by atoms with Gasteiger partial charge in [-0.1, -0.05) is 0 Å². The van der Waals surface area contributed by atoms with Gasteiger partial charge in [0.1, 0.15) is 23.3 Å². The van der Waals surface area contributed by atoms with Crippen molar-refractivity contribution >= 4 is 17.3 Å². The molecule has 30 heavy (non-hydrogen) atoms. The largest absolute Gasteiger partial charge is 0.508 e. The number of non-ortho nitro benzene ring substituents is 1. The maximum Gasteiger partial charge on any atom is 0.271 e. The van der Waals surface area contributed by atoms with Crippen molar-refractivity contribution in [1.29, 1.82) is 0 Å². The van der Waals surface area contributed by atoms with Crippen molar-refractivity contribution in [2.45, 2.75) is 12.1 Å². The highest BCUT2D eigenvalue weighted by Crippen LogP contribution is 2.42. The summed E-state index contributed by atoms with van der Waals surface area (Å²) in [7, 11) is 1.56. The van der Waals surface area contributed by atoms with Crippen LogP contribution >= 0.6 is 0 Å². The Labute approximate surface area is 172 Å². The fourth-order valence-electron chi connectivity index (χ4n) is 3.40. The number of phenols is 1. The summed E-state index contributed by atoms with van der Waals surface area (Å²) in [5, 5.41) is 20.4. The molecule has 3 aromatic carbocycles. The quantitative estimate of drug-likeness (QED) is 0.379. The van der Waals surface area contributed by atoms with Crippen LogP contribution in [0.25, 0.3) is 0 Å². The summed E-state index contributed by atoms with van der Waals surface area (Å²) < 4.78 is 11.1. The van der Waals surface area contributed by atoms with Gasteiger partial charge in [-0.05, 0) is 66.2 Å². The molecule has 0 radical (unpaired) electrons. The molecule has 1 saturated heterocycles. The maximum atomic E-state index is 13.0. The van der Waals surface area contributed by atoms with E-state index in [1.807, 2.05) is 0 Å². The molecule has 1 aliphatic heterocycles. The fourth-order valence-corrected chi connectivity index (χ4v) is 3.40. The molecule has 0 bridgehead atoms. The number of β-lactam (4-membered cyclic amide) rings is 1. The van der Waals surface area contributed by atoms with E-state index in [1.54, 1.807) is 60.5 Å². The molecule has 0 spiro atoms. The van der Waals surface area contributed by atoms with Crippen LogP contribution in [-0.4, -0.2) is 29.2 Å². The van der Waals surface area contributed by atoms with Crippen molar-refractivity contribution in [2.24, 2.45) is 0 Å². The fraction of sp³-hybridized carbons (Fsp3) is 0.136. The Morgan fingerprint density at radius 2 is 1.53 bits per heavy atom. The second kappa shape index (κ2) is 7.75. The lowest BCUT2D eigenvalue weighted by molar-refractivity contribution is -0.384. The molecule has 0 aliphatic carbocycles. The van der Waals surface area contributed by atoms with E-state index in [0.29, 0.717) is 22.7 Å². The van der Waals surface area contributed by atoms with Crippen molar-refractivity contribution in [2.75, 3.05) is 12.0 Å². The summed E-state index contributed by atoms with van der Waals surface area (Å²) in [5.41, 5.74) is 1.34. The zero-order valence-corrected chi connectivity index (χ0v) is 16.0. The number of benzene rings is 3. The van der Waals surface area contributed by atoms with Crippen LogP contribution in [0.2, 0.25) is 0 Å². The van der Waals surface area contributed by atoms with Crippen LogP contribution in [0.1, 0.15) is 11.6 Å². The lowest BCUT2D eigenvalue weighted by atomic mass is 9.89. The molecule has 8 nitrogen and oxygen atoms in total. The third kappa shape index (κ3) is 3.50. The number of nitro groups is 1. The first-order valence-electron chi connectivity index (χ1n) is 9.15. The molecular weight excluding hydrogens is 388 g/mol. The van der Waals surface area contributed by atoms with Gasteiger partial charge in [0.15, 0.2) is 0 Å². The van der Waals surface area contributed by atoms with Crippen LogP contribution in [-0.2, 0) is 4.79 Å². The van der Waals surface area contributed by atoms with E-state index < -0.39 is 17.1 Å². The lowest BCUT2D eigenvalue weighted by Crippen LogP contribution is -2.61. The highest BCUT2D eigenvalue weighted by molar-refractivity contribution is 6.05. The average Bonchev–Trinajstić information content (AvgIpc) is 2.77. The van der Waals surface area contributed by atoms with Crippen molar-refractivity contribution < 1.29 is 24.3 Å². The molecule has 3 aromatic rings. The van der Waals surface area contributed by atoms with Gasteiger partial charge < -0.3 is 14.6 Å². The Morgan fingerprint density at radius 1 is 0.933 bits per heavy atom. The Kier molecular flexibility index (Phi) is 4.97. The molecule has 1 N–H and O–H groups in total. The number of amides is 1. The summed E-state index contributed by atoms with van der Waals surface area (Å²) in [6.45, 7) is 0. The number of phenolic OH excluding ortho intramolecular Hbond substituents is 1. The first kappa shape index (κ1) is 19.3. The molecule has 4 rings (SSSR count). The number of methoxy groups -OCH3 is 1. The first-order valence-corrected chi connectivity index (χ1v) is 9.15. The Hall–Kier alpha value is -4.07. The van der Waals surface area contributed by atoms with Gasteiger partial charge in [-0.15, -0.1) is 0 Å². The normalized spacial score (nSPS) is 17.9. The predicted octanol–water partition coefficient (Wildman–Crippen LogP) is 3.84. The van der Waals surface area contributed by atoms with Crippen molar-refractivity contribution in [3.8, 4) is 17.2 Å². The third-order valence-corrected chi connectivity index (χ3v) is 4.94. The summed E-state index contributed by atoms with van der Waals surface area (Å²) in [4.78, 5) is 25.1. The van der Waals surface area contributed by atoms with Crippen LogP contribution < -0.4 is 14.4 Å². The summed E-state index contributed by atoms with van der Waals surface area (Å²) in [5.74, 6) is 0.952. The third-order valence-electron chi connectivity index (χ3n) is 4.94. The van der Waals surface area contributed by atoms with E-state index in [2.05, 4.69) is 0 Å². The molecule has 1 fully saturated rings. The zero-order valence-electron chi connectivity index (χ0n) is 16.0. The molecule has 1 aliphatic rings. The Balaban J connectivity index is 1.67. The first-order chi connectivity index (χ1) is 14.5. The molecule has 152 valence electrons. The van der Waals surface area contributed by atoms with E-state index in [9.17, 15) is 20.0 Å². The van der Waals surface area contributed by atoms with Crippen LogP contribution in [0.4, 0.5) is 11.4 Å². The highest BCUT2D eigenvalue weighted by Gasteiger charge is 2.51. The Bertz CT molecular complexity index is 1060. The van der Waals surface area contributed by atoms with Crippen LogP contribution in [0.3, 0.4) is 0 Å². The van der Waals surface area contributed by atoms with Crippen LogP contribution in [0.15, 0.2) is 72.8 Å². The summed E-state index contributed by atoms with van der Waals surface area (Å²) in [6.07, 6.45) is -0.807. The van der Waals surface area contributed by atoms with E-state index in [4.69, 9.17) is 9.47 Å². The number of anilines is 1. The number of rotatable bonds is 6.